The van der Waals surface area contributed by atoms with Crippen LogP contribution in [0.25, 0.3) is 0 Å². The summed E-state index contributed by atoms with van der Waals surface area (Å²) >= 11 is 0. The molecule has 1 fully saturated rings. The lowest BCUT2D eigenvalue weighted by Gasteiger charge is -2.42. The van der Waals surface area contributed by atoms with Crippen molar-refractivity contribution in [3.05, 3.63) is 18.2 Å². The Morgan fingerprint density at radius 1 is 1.55 bits per heavy atom. The zero-order valence-corrected chi connectivity index (χ0v) is 13.0. The average molecular weight is 280 g/mol. The molecule has 2 rings (SSSR count). The molecule has 1 aliphatic rings. The van der Waals surface area contributed by atoms with Crippen molar-refractivity contribution < 1.29 is 9.84 Å². The molecule has 0 saturated heterocycles. The third-order valence-corrected chi connectivity index (χ3v) is 4.38. The molecule has 1 N–H and O–H groups in total. The molecule has 3 atom stereocenters. The Kier molecular flexibility index (Phi) is 5.22. The van der Waals surface area contributed by atoms with E-state index in [1.165, 1.54) is 6.42 Å². The van der Waals surface area contributed by atoms with E-state index in [9.17, 15) is 5.11 Å². The number of aliphatic hydroxyl groups is 1. The molecule has 20 heavy (non-hydrogen) atoms. The fraction of sp³-hybridized carbons (Fsp3) is 0.812. The predicted octanol–water partition coefficient (Wildman–Crippen LogP) is 3.31. The maximum Gasteiger partial charge on any atom is 0.141 e. The first kappa shape index (κ1) is 15.5. The van der Waals surface area contributed by atoms with Crippen LogP contribution in [0.5, 0.6) is 0 Å². The van der Waals surface area contributed by atoms with Gasteiger partial charge in [0.15, 0.2) is 0 Å². The van der Waals surface area contributed by atoms with Gasteiger partial charge in [-0.2, -0.15) is 0 Å². The van der Waals surface area contributed by atoms with E-state index in [1.54, 1.807) is 6.20 Å². The second-order valence-corrected chi connectivity index (χ2v) is 6.08. The Morgan fingerprint density at radius 3 is 3.00 bits per heavy atom. The van der Waals surface area contributed by atoms with Gasteiger partial charge < -0.3 is 14.4 Å². The minimum absolute atomic E-state index is 0.455. The van der Waals surface area contributed by atoms with Gasteiger partial charge in [0.25, 0.3) is 0 Å². The van der Waals surface area contributed by atoms with Gasteiger partial charge in [0, 0.05) is 25.5 Å². The summed E-state index contributed by atoms with van der Waals surface area (Å²) in [4.78, 5) is 4.40. The molecule has 0 bridgehead atoms. The van der Waals surface area contributed by atoms with Crippen LogP contribution in [0.4, 0.5) is 0 Å². The molecule has 1 aromatic rings. The number of aromatic nitrogens is 2. The molecular weight excluding hydrogens is 252 g/mol. The van der Waals surface area contributed by atoms with Crippen LogP contribution in [-0.2, 0) is 11.3 Å². The van der Waals surface area contributed by atoms with Gasteiger partial charge in [-0.05, 0) is 32.1 Å². The van der Waals surface area contributed by atoms with Gasteiger partial charge in [-0.1, -0.05) is 26.7 Å². The number of rotatable bonds is 6. The van der Waals surface area contributed by atoms with Crippen molar-refractivity contribution in [3.8, 4) is 0 Å². The molecule has 1 aromatic heterocycles. The highest BCUT2D eigenvalue weighted by Gasteiger charge is 2.44. The summed E-state index contributed by atoms with van der Waals surface area (Å²) < 4.78 is 8.12. The monoisotopic (exact) mass is 280 g/mol. The molecule has 114 valence electrons. The lowest BCUT2D eigenvalue weighted by atomic mass is 9.75. The standard InChI is InChI=1S/C16H28N2O2/c1-4-10-18-11-9-17-15(18)14(19)16(20-5-2)8-6-7-13(3)12-16/h9,11,13-14,19H,4-8,10,12H2,1-3H3. The molecule has 1 aliphatic carbocycles. The Balaban J connectivity index is 2.25. The van der Waals surface area contributed by atoms with Crippen LogP contribution in [0.15, 0.2) is 12.4 Å². The van der Waals surface area contributed by atoms with Crippen LogP contribution >= 0.6 is 0 Å². The third-order valence-electron chi connectivity index (χ3n) is 4.38. The maximum atomic E-state index is 10.9. The van der Waals surface area contributed by atoms with Crippen molar-refractivity contribution in [2.24, 2.45) is 5.92 Å². The number of hydrogen-bond acceptors (Lipinski definition) is 3. The molecule has 0 radical (unpaired) electrons. The molecule has 4 heteroatoms. The molecule has 0 amide bonds. The van der Waals surface area contributed by atoms with E-state index in [2.05, 4.69) is 23.4 Å². The van der Waals surface area contributed by atoms with Crippen LogP contribution in [0, 0.1) is 5.92 Å². The minimum atomic E-state index is -0.633. The number of hydrogen-bond donors (Lipinski definition) is 1. The number of ether oxygens (including phenoxy) is 1. The number of aryl methyl sites for hydroxylation is 1. The van der Waals surface area contributed by atoms with Gasteiger partial charge in [0.1, 0.15) is 17.5 Å². The van der Waals surface area contributed by atoms with E-state index in [1.807, 2.05) is 13.1 Å². The highest BCUT2D eigenvalue weighted by atomic mass is 16.5. The predicted molar refractivity (Wildman–Crippen MR) is 79.5 cm³/mol. The molecule has 3 unspecified atom stereocenters. The topological polar surface area (TPSA) is 47.3 Å². The molecule has 0 aromatic carbocycles. The summed E-state index contributed by atoms with van der Waals surface area (Å²) in [6.45, 7) is 7.92. The van der Waals surface area contributed by atoms with Crippen LogP contribution < -0.4 is 0 Å². The minimum Gasteiger partial charge on any atom is -0.382 e. The van der Waals surface area contributed by atoms with Crippen molar-refractivity contribution in [2.75, 3.05) is 6.61 Å². The highest BCUT2D eigenvalue weighted by Crippen LogP contribution is 2.43. The smallest absolute Gasteiger partial charge is 0.141 e. The van der Waals surface area contributed by atoms with E-state index in [0.29, 0.717) is 12.5 Å². The first-order chi connectivity index (χ1) is 9.63. The van der Waals surface area contributed by atoms with Gasteiger partial charge in [0.05, 0.1) is 0 Å². The van der Waals surface area contributed by atoms with Crippen molar-refractivity contribution in [2.45, 2.75) is 71.1 Å². The first-order valence-corrected chi connectivity index (χ1v) is 7.96. The summed E-state index contributed by atoms with van der Waals surface area (Å²) in [5.41, 5.74) is -0.455. The van der Waals surface area contributed by atoms with E-state index < -0.39 is 11.7 Å². The third kappa shape index (κ3) is 3.07. The lowest BCUT2D eigenvalue weighted by Crippen LogP contribution is -2.44. The van der Waals surface area contributed by atoms with Crippen molar-refractivity contribution in [3.63, 3.8) is 0 Å². The van der Waals surface area contributed by atoms with Crippen LogP contribution in [-0.4, -0.2) is 26.9 Å². The Hall–Kier alpha value is -0.870. The molecule has 4 nitrogen and oxygen atoms in total. The van der Waals surface area contributed by atoms with Gasteiger partial charge >= 0.3 is 0 Å². The fourth-order valence-electron chi connectivity index (χ4n) is 3.52. The number of imidazole rings is 1. The maximum absolute atomic E-state index is 10.9. The number of nitrogens with zero attached hydrogens (tertiary/aromatic N) is 2. The number of aliphatic hydroxyl groups excluding tert-OH is 1. The van der Waals surface area contributed by atoms with Crippen LogP contribution in [0.1, 0.15) is 64.8 Å². The zero-order chi connectivity index (χ0) is 14.6. The summed E-state index contributed by atoms with van der Waals surface area (Å²) in [5, 5.41) is 10.9. The Morgan fingerprint density at radius 2 is 2.35 bits per heavy atom. The zero-order valence-electron chi connectivity index (χ0n) is 13.0. The molecule has 1 heterocycles. The molecule has 1 saturated carbocycles. The lowest BCUT2D eigenvalue weighted by molar-refractivity contribution is -0.153. The highest BCUT2D eigenvalue weighted by molar-refractivity contribution is 5.06. The summed E-state index contributed by atoms with van der Waals surface area (Å²) in [5.74, 6) is 1.36. The van der Waals surface area contributed by atoms with E-state index in [0.717, 1.165) is 38.1 Å². The van der Waals surface area contributed by atoms with E-state index in [4.69, 9.17) is 4.74 Å². The quantitative estimate of drug-likeness (QED) is 0.869. The van der Waals surface area contributed by atoms with E-state index >= 15 is 0 Å². The summed E-state index contributed by atoms with van der Waals surface area (Å²) in [6, 6.07) is 0. The van der Waals surface area contributed by atoms with Gasteiger partial charge in [-0.3, -0.25) is 0 Å². The SMILES string of the molecule is CCCn1ccnc1C(O)C1(OCC)CCCC(C)C1. The average Bonchev–Trinajstić information content (AvgIpc) is 2.87. The van der Waals surface area contributed by atoms with Crippen LogP contribution in [0.2, 0.25) is 0 Å². The molecular formula is C16H28N2O2. The molecule has 0 spiro atoms. The van der Waals surface area contributed by atoms with Crippen molar-refractivity contribution in [1.29, 1.82) is 0 Å². The van der Waals surface area contributed by atoms with Gasteiger partial charge in [0.2, 0.25) is 0 Å². The van der Waals surface area contributed by atoms with Crippen molar-refractivity contribution in [1.82, 2.24) is 9.55 Å². The van der Waals surface area contributed by atoms with Crippen molar-refractivity contribution >= 4 is 0 Å². The molecule has 0 aliphatic heterocycles. The van der Waals surface area contributed by atoms with Gasteiger partial charge in [-0.25, -0.2) is 4.98 Å². The first-order valence-electron chi connectivity index (χ1n) is 7.96. The Labute approximate surface area is 122 Å². The summed E-state index contributed by atoms with van der Waals surface area (Å²) in [7, 11) is 0. The second-order valence-electron chi connectivity index (χ2n) is 6.08. The fourth-order valence-corrected chi connectivity index (χ4v) is 3.52. The summed E-state index contributed by atoms with van der Waals surface area (Å²) in [6.07, 6.45) is 8.32. The normalized spacial score (nSPS) is 28.5. The Bertz CT molecular complexity index is 414. The van der Waals surface area contributed by atoms with Crippen LogP contribution in [0.3, 0.4) is 0 Å². The van der Waals surface area contributed by atoms with E-state index in [-0.39, 0.29) is 0 Å². The second kappa shape index (κ2) is 6.72. The van der Waals surface area contributed by atoms with Gasteiger partial charge in [-0.15, -0.1) is 0 Å². The largest absolute Gasteiger partial charge is 0.382 e.